The Morgan fingerprint density at radius 3 is 2.40 bits per heavy atom. The third-order valence-electron chi connectivity index (χ3n) is 6.24. The maximum atomic E-state index is 13.1. The van der Waals surface area contributed by atoms with Gasteiger partial charge in [-0.2, -0.15) is 0 Å². The Balaban J connectivity index is 1.48. The molecule has 0 aromatic heterocycles. The van der Waals surface area contributed by atoms with E-state index in [1.165, 1.54) is 19.1 Å². The van der Waals surface area contributed by atoms with E-state index in [2.05, 4.69) is 5.32 Å². The minimum Gasteiger partial charge on any atom is -0.493 e. The molecule has 2 aliphatic rings. The average molecular weight is 485 g/mol. The van der Waals surface area contributed by atoms with Gasteiger partial charge in [-0.3, -0.25) is 14.5 Å². The largest absolute Gasteiger partial charge is 0.493 e. The highest BCUT2D eigenvalue weighted by molar-refractivity contribution is 5.99. The standard InChI is InChI=1S/C25H28N2O8/c1-31-17-8-5-14(13-19(17)33-3)11-12-26-23(29)16-7-10-20(28)27(16)24-15-6-9-18(32-2)22(34-4)21(15)25(30)35-24/h5-6,8-9,13,16,24H,7,10-12H2,1-4H3,(H,26,29)/t16-,24+/m0/s1. The van der Waals surface area contributed by atoms with Gasteiger partial charge in [0.2, 0.25) is 18.0 Å². The first kappa shape index (κ1) is 24.2. The molecule has 2 heterocycles. The summed E-state index contributed by atoms with van der Waals surface area (Å²) in [6.45, 7) is 0.360. The number of benzene rings is 2. The third kappa shape index (κ3) is 4.43. The van der Waals surface area contributed by atoms with Crippen LogP contribution in [-0.4, -0.2) is 63.7 Å². The average Bonchev–Trinajstić information content (AvgIpc) is 3.42. The van der Waals surface area contributed by atoms with E-state index < -0.39 is 18.2 Å². The van der Waals surface area contributed by atoms with Crippen LogP contribution in [0.2, 0.25) is 0 Å². The molecule has 10 nitrogen and oxygen atoms in total. The SMILES string of the molecule is COc1ccc(CCNC(=O)[C@@H]2CCC(=O)N2[C@@H]2OC(=O)c3c2ccc(OC)c3OC)cc1OC. The summed E-state index contributed by atoms with van der Waals surface area (Å²) in [4.78, 5) is 39.8. The number of carbonyl (C=O) groups is 3. The van der Waals surface area contributed by atoms with Crippen LogP contribution >= 0.6 is 0 Å². The predicted octanol–water partition coefficient (Wildman–Crippen LogP) is 2.24. The van der Waals surface area contributed by atoms with Gasteiger partial charge in [-0.05, 0) is 42.7 Å². The van der Waals surface area contributed by atoms with Gasteiger partial charge in [0.25, 0.3) is 0 Å². The minimum absolute atomic E-state index is 0.185. The van der Waals surface area contributed by atoms with Gasteiger partial charge < -0.3 is 29.0 Å². The van der Waals surface area contributed by atoms with E-state index in [-0.39, 0.29) is 29.5 Å². The van der Waals surface area contributed by atoms with Gasteiger partial charge in [0.1, 0.15) is 11.6 Å². The van der Waals surface area contributed by atoms with Gasteiger partial charge in [-0.15, -0.1) is 0 Å². The van der Waals surface area contributed by atoms with E-state index in [0.717, 1.165) is 5.56 Å². The molecule has 0 radical (unpaired) electrons. The Labute approximate surface area is 203 Å². The molecule has 0 saturated carbocycles. The first-order chi connectivity index (χ1) is 16.9. The Morgan fingerprint density at radius 2 is 1.71 bits per heavy atom. The quantitative estimate of drug-likeness (QED) is 0.540. The van der Waals surface area contributed by atoms with Crippen LogP contribution in [0.3, 0.4) is 0 Å². The predicted molar refractivity (Wildman–Crippen MR) is 124 cm³/mol. The summed E-state index contributed by atoms with van der Waals surface area (Å²) >= 11 is 0. The van der Waals surface area contributed by atoms with Gasteiger partial charge in [0, 0.05) is 18.5 Å². The monoisotopic (exact) mass is 484 g/mol. The van der Waals surface area contributed by atoms with Gasteiger partial charge in [0.15, 0.2) is 23.0 Å². The molecule has 0 aliphatic carbocycles. The van der Waals surface area contributed by atoms with Crippen molar-refractivity contribution in [2.24, 2.45) is 0 Å². The first-order valence-electron chi connectivity index (χ1n) is 11.2. The summed E-state index contributed by atoms with van der Waals surface area (Å²) in [5.41, 5.74) is 1.62. The van der Waals surface area contributed by atoms with Crippen LogP contribution < -0.4 is 24.3 Å². The molecular formula is C25H28N2O8. The molecule has 2 aliphatic heterocycles. The lowest BCUT2D eigenvalue weighted by Gasteiger charge is -2.29. The molecule has 35 heavy (non-hydrogen) atoms. The molecule has 1 fully saturated rings. The van der Waals surface area contributed by atoms with Crippen LogP contribution in [0.4, 0.5) is 0 Å². The number of cyclic esters (lactones) is 1. The molecule has 0 spiro atoms. The summed E-state index contributed by atoms with van der Waals surface area (Å²) in [6.07, 6.45) is 0.0709. The number of rotatable bonds is 9. The number of esters is 1. The molecular weight excluding hydrogens is 456 g/mol. The maximum absolute atomic E-state index is 13.1. The summed E-state index contributed by atoms with van der Waals surface area (Å²) in [6, 6.07) is 8.10. The lowest BCUT2D eigenvalue weighted by atomic mass is 10.0. The van der Waals surface area contributed by atoms with E-state index in [1.807, 2.05) is 18.2 Å². The lowest BCUT2D eigenvalue weighted by Crippen LogP contribution is -2.46. The molecule has 0 unspecified atom stereocenters. The van der Waals surface area contributed by atoms with Crippen molar-refractivity contribution in [2.45, 2.75) is 31.5 Å². The summed E-state index contributed by atoms with van der Waals surface area (Å²) in [7, 11) is 6.02. The van der Waals surface area contributed by atoms with Crippen LogP contribution in [0.15, 0.2) is 30.3 Å². The van der Waals surface area contributed by atoms with Crippen molar-refractivity contribution in [2.75, 3.05) is 35.0 Å². The molecule has 2 amide bonds. The Morgan fingerprint density at radius 1 is 1.00 bits per heavy atom. The van der Waals surface area contributed by atoms with Crippen molar-refractivity contribution in [3.8, 4) is 23.0 Å². The second-order valence-corrected chi connectivity index (χ2v) is 8.11. The molecule has 1 saturated heterocycles. The minimum atomic E-state index is -1.01. The molecule has 0 bridgehead atoms. The molecule has 4 rings (SSSR count). The van der Waals surface area contributed by atoms with Gasteiger partial charge in [-0.25, -0.2) is 4.79 Å². The third-order valence-corrected chi connectivity index (χ3v) is 6.24. The van der Waals surface area contributed by atoms with Gasteiger partial charge in [0.05, 0.1) is 28.4 Å². The molecule has 2 atom stereocenters. The fourth-order valence-electron chi connectivity index (χ4n) is 4.53. The van der Waals surface area contributed by atoms with E-state index in [0.29, 0.717) is 42.2 Å². The number of fused-ring (bicyclic) bond motifs is 1. The number of ether oxygens (including phenoxy) is 5. The topological polar surface area (TPSA) is 113 Å². The number of carbonyl (C=O) groups excluding carboxylic acids is 3. The number of nitrogens with one attached hydrogen (secondary N) is 1. The zero-order chi connectivity index (χ0) is 25.1. The number of nitrogens with zero attached hydrogens (tertiary/aromatic N) is 1. The van der Waals surface area contributed by atoms with E-state index in [1.54, 1.807) is 26.4 Å². The van der Waals surface area contributed by atoms with Crippen molar-refractivity contribution >= 4 is 17.8 Å². The number of amides is 2. The highest BCUT2D eigenvalue weighted by Crippen LogP contribution is 2.45. The number of methoxy groups -OCH3 is 4. The molecule has 1 N–H and O–H groups in total. The van der Waals surface area contributed by atoms with Crippen molar-refractivity contribution in [3.05, 3.63) is 47.0 Å². The van der Waals surface area contributed by atoms with Gasteiger partial charge >= 0.3 is 5.97 Å². The van der Waals surface area contributed by atoms with Crippen molar-refractivity contribution < 1.29 is 38.1 Å². The molecule has 186 valence electrons. The van der Waals surface area contributed by atoms with Crippen LogP contribution in [0.25, 0.3) is 0 Å². The number of hydrogen-bond acceptors (Lipinski definition) is 8. The molecule has 2 aromatic rings. The summed E-state index contributed by atoms with van der Waals surface area (Å²) in [5, 5.41) is 2.90. The zero-order valence-corrected chi connectivity index (χ0v) is 20.1. The normalized spacial score (nSPS) is 18.7. The van der Waals surface area contributed by atoms with Crippen molar-refractivity contribution in [3.63, 3.8) is 0 Å². The second kappa shape index (κ2) is 10.1. The van der Waals surface area contributed by atoms with E-state index >= 15 is 0 Å². The fourth-order valence-corrected chi connectivity index (χ4v) is 4.53. The first-order valence-corrected chi connectivity index (χ1v) is 11.2. The van der Waals surface area contributed by atoms with Gasteiger partial charge in [-0.1, -0.05) is 6.07 Å². The van der Waals surface area contributed by atoms with Crippen LogP contribution in [-0.2, 0) is 20.7 Å². The Bertz CT molecular complexity index is 1150. The molecule has 10 heteroatoms. The highest BCUT2D eigenvalue weighted by Gasteiger charge is 2.47. The lowest BCUT2D eigenvalue weighted by molar-refractivity contribution is -0.145. The van der Waals surface area contributed by atoms with Crippen LogP contribution in [0, 0.1) is 0 Å². The molecule has 2 aromatic carbocycles. The van der Waals surface area contributed by atoms with Crippen LogP contribution in [0.1, 0.15) is 40.6 Å². The van der Waals surface area contributed by atoms with Crippen LogP contribution in [0.5, 0.6) is 23.0 Å². The fraction of sp³-hybridized carbons (Fsp3) is 0.400. The second-order valence-electron chi connectivity index (χ2n) is 8.11. The van der Waals surface area contributed by atoms with E-state index in [9.17, 15) is 14.4 Å². The summed E-state index contributed by atoms with van der Waals surface area (Å²) < 4.78 is 26.8. The highest BCUT2D eigenvalue weighted by atomic mass is 16.6. The maximum Gasteiger partial charge on any atom is 0.344 e. The van der Waals surface area contributed by atoms with E-state index in [4.69, 9.17) is 23.7 Å². The number of likely N-dealkylation sites (tertiary alicyclic amines) is 1. The Kier molecular flexibility index (Phi) is 6.99. The van der Waals surface area contributed by atoms with Crippen molar-refractivity contribution in [1.82, 2.24) is 10.2 Å². The smallest absolute Gasteiger partial charge is 0.344 e. The summed E-state index contributed by atoms with van der Waals surface area (Å²) in [5.74, 6) is 0.652. The zero-order valence-electron chi connectivity index (χ0n) is 20.1. The van der Waals surface area contributed by atoms with Crippen molar-refractivity contribution in [1.29, 1.82) is 0 Å². The number of hydrogen-bond donors (Lipinski definition) is 1. The Hall–Kier alpha value is -3.95.